The molecule has 0 saturated carbocycles. The third-order valence-corrected chi connectivity index (χ3v) is 3.21. The number of aryl methyl sites for hydroxylation is 1. The average molecular weight is 295 g/mol. The summed E-state index contributed by atoms with van der Waals surface area (Å²) in [4.78, 5) is 7.00. The Kier molecular flexibility index (Phi) is 5.68. The number of nitrogens with zero attached hydrogens (tertiary/aromatic N) is 1. The summed E-state index contributed by atoms with van der Waals surface area (Å²) < 4.78 is 28.4. The normalized spacial score (nSPS) is 12.6. The number of nitrogens with one attached hydrogen (secondary N) is 2. The van der Waals surface area contributed by atoms with Crippen LogP contribution in [-0.4, -0.2) is 22.6 Å². The molecule has 1 atom stereocenters. The lowest BCUT2D eigenvalue weighted by Gasteiger charge is -2.13. The lowest BCUT2D eigenvalue weighted by Crippen LogP contribution is -2.26. The van der Waals surface area contributed by atoms with Crippen molar-refractivity contribution >= 4 is 0 Å². The first-order chi connectivity index (χ1) is 10.1. The lowest BCUT2D eigenvalue weighted by molar-refractivity contribution is -0.0498. The minimum absolute atomic E-state index is 0.194. The van der Waals surface area contributed by atoms with E-state index in [-0.39, 0.29) is 5.75 Å². The van der Waals surface area contributed by atoms with Crippen molar-refractivity contribution in [3.63, 3.8) is 0 Å². The predicted molar refractivity (Wildman–Crippen MR) is 76.3 cm³/mol. The summed E-state index contributed by atoms with van der Waals surface area (Å²) >= 11 is 0. The zero-order chi connectivity index (χ0) is 15.1. The summed E-state index contributed by atoms with van der Waals surface area (Å²) in [5.41, 5.74) is 2.15. The number of imidazole rings is 1. The first-order valence-corrected chi connectivity index (χ1v) is 6.88. The Balaban J connectivity index is 1.71. The zero-order valence-corrected chi connectivity index (χ0v) is 11.9. The molecular weight excluding hydrogens is 276 g/mol. The van der Waals surface area contributed by atoms with Crippen LogP contribution in [0, 0.1) is 0 Å². The van der Waals surface area contributed by atoms with Crippen molar-refractivity contribution in [2.24, 2.45) is 0 Å². The van der Waals surface area contributed by atoms with Gasteiger partial charge in [0.25, 0.3) is 0 Å². The largest absolute Gasteiger partial charge is 0.435 e. The number of ether oxygens (including phenoxy) is 1. The Bertz CT molecular complexity index is 514. The molecule has 1 aromatic carbocycles. The van der Waals surface area contributed by atoms with E-state index in [4.69, 9.17) is 0 Å². The van der Waals surface area contributed by atoms with Crippen molar-refractivity contribution in [3.8, 4) is 5.75 Å². The van der Waals surface area contributed by atoms with Crippen LogP contribution in [0.3, 0.4) is 0 Å². The Morgan fingerprint density at radius 3 is 2.67 bits per heavy atom. The van der Waals surface area contributed by atoms with Gasteiger partial charge in [0.2, 0.25) is 0 Å². The van der Waals surface area contributed by atoms with E-state index in [1.54, 1.807) is 24.7 Å². The number of alkyl halides is 2. The second kappa shape index (κ2) is 7.73. The molecule has 1 aromatic heterocycles. The van der Waals surface area contributed by atoms with Gasteiger partial charge in [-0.2, -0.15) is 8.78 Å². The van der Waals surface area contributed by atoms with Crippen molar-refractivity contribution in [3.05, 3.63) is 48.0 Å². The van der Waals surface area contributed by atoms with Crippen LogP contribution in [0.25, 0.3) is 0 Å². The van der Waals surface area contributed by atoms with Crippen LogP contribution >= 0.6 is 0 Å². The van der Waals surface area contributed by atoms with E-state index in [1.807, 2.05) is 12.1 Å². The van der Waals surface area contributed by atoms with Gasteiger partial charge in [-0.05, 0) is 37.5 Å². The highest BCUT2D eigenvalue weighted by atomic mass is 19.3. The van der Waals surface area contributed by atoms with Crippen LogP contribution in [0.4, 0.5) is 8.78 Å². The molecule has 0 spiro atoms. The number of hydrogen-bond donors (Lipinski definition) is 2. The molecule has 2 N–H and O–H groups in total. The molecule has 0 bridgehead atoms. The van der Waals surface area contributed by atoms with Gasteiger partial charge in [-0.3, -0.25) is 0 Å². The van der Waals surface area contributed by atoms with Crippen LogP contribution < -0.4 is 10.1 Å². The number of benzene rings is 1. The van der Waals surface area contributed by atoms with Gasteiger partial charge in [0, 0.05) is 24.5 Å². The van der Waals surface area contributed by atoms with Gasteiger partial charge in [-0.15, -0.1) is 0 Å². The van der Waals surface area contributed by atoms with Crippen molar-refractivity contribution in [2.75, 3.05) is 0 Å². The van der Waals surface area contributed by atoms with Crippen molar-refractivity contribution in [2.45, 2.75) is 39.0 Å². The maximum Gasteiger partial charge on any atom is 0.387 e. The molecule has 0 fully saturated rings. The van der Waals surface area contributed by atoms with E-state index >= 15 is 0 Å². The summed E-state index contributed by atoms with van der Waals surface area (Å²) in [7, 11) is 0. The second-order valence-corrected chi connectivity index (χ2v) is 4.92. The highest BCUT2D eigenvalue weighted by molar-refractivity contribution is 5.27. The fraction of sp³-hybridized carbons (Fsp3) is 0.400. The maximum absolute atomic E-state index is 12.0. The Hall–Kier alpha value is -1.95. The molecule has 21 heavy (non-hydrogen) atoms. The minimum atomic E-state index is -2.78. The second-order valence-electron chi connectivity index (χ2n) is 4.92. The van der Waals surface area contributed by atoms with E-state index in [1.165, 1.54) is 0 Å². The van der Waals surface area contributed by atoms with E-state index in [0.717, 1.165) is 30.6 Å². The molecule has 1 heterocycles. The number of halogens is 2. The average Bonchev–Trinajstić information content (AvgIpc) is 2.97. The van der Waals surface area contributed by atoms with E-state index in [9.17, 15) is 8.78 Å². The highest BCUT2D eigenvalue weighted by Crippen LogP contribution is 2.16. The van der Waals surface area contributed by atoms with Gasteiger partial charge in [-0.1, -0.05) is 12.1 Å². The first-order valence-electron chi connectivity index (χ1n) is 6.88. The molecule has 0 saturated heterocycles. The summed E-state index contributed by atoms with van der Waals surface area (Å²) in [6.07, 6.45) is 5.29. The SMILES string of the molecule is CC(CCc1ccc(OC(F)F)cc1)NCc1cnc[nH]1. The Labute approximate surface area is 122 Å². The number of hydrogen-bond acceptors (Lipinski definition) is 3. The fourth-order valence-corrected chi connectivity index (χ4v) is 1.99. The Morgan fingerprint density at radius 1 is 1.29 bits per heavy atom. The van der Waals surface area contributed by atoms with Gasteiger partial charge < -0.3 is 15.0 Å². The number of rotatable bonds is 8. The summed E-state index contributed by atoms with van der Waals surface area (Å²) in [6.45, 7) is 0.0926. The lowest BCUT2D eigenvalue weighted by atomic mass is 10.1. The molecule has 0 aliphatic carbocycles. The van der Waals surface area contributed by atoms with Crippen LogP contribution in [0.1, 0.15) is 24.6 Å². The molecule has 1 unspecified atom stereocenters. The molecule has 4 nitrogen and oxygen atoms in total. The Morgan fingerprint density at radius 2 is 2.05 bits per heavy atom. The van der Waals surface area contributed by atoms with Gasteiger partial charge in [0.1, 0.15) is 5.75 Å². The molecular formula is C15H19F2N3O. The van der Waals surface area contributed by atoms with E-state index in [2.05, 4.69) is 26.9 Å². The summed E-state index contributed by atoms with van der Waals surface area (Å²) in [5.74, 6) is 0.194. The number of H-pyrrole nitrogens is 1. The third kappa shape index (κ3) is 5.51. The van der Waals surface area contributed by atoms with Gasteiger partial charge in [0.05, 0.1) is 6.33 Å². The quantitative estimate of drug-likeness (QED) is 0.786. The first kappa shape index (κ1) is 15.4. The predicted octanol–water partition coefficient (Wildman–Crippen LogP) is 3.12. The smallest absolute Gasteiger partial charge is 0.387 e. The van der Waals surface area contributed by atoms with Crippen LogP contribution in [0.2, 0.25) is 0 Å². The summed E-state index contributed by atoms with van der Waals surface area (Å²) in [5, 5.41) is 3.40. The highest BCUT2D eigenvalue weighted by Gasteiger charge is 2.05. The van der Waals surface area contributed by atoms with Crippen molar-refractivity contribution in [1.29, 1.82) is 0 Å². The van der Waals surface area contributed by atoms with Crippen molar-refractivity contribution in [1.82, 2.24) is 15.3 Å². The van der Waals surface area contributed by atoms with E-state index in [0.29, 0.717) is 6.04 Å². The molecule has 0 radical (unpaired) electrons. The van der Waals surface area contributed by atoms with E-state index < -0.39 is 6.61 Å². The molecule has 0 amide bonds. The fourth-order valence-electron chi connectivity index (χ4n) is 1.99. The molecule has 0 aliphatic rings. The minimum Gasteiger partial charge on any atom is -0.435 e. The van der Waals surface area contributed by atoms with Crippen molar-refractivity contribution < 1.29 is 13.5 Å². The van der Waals surface area contributed by atoms with Gasteiger partial charge in [-0.25, -0.2) is 4.98 Å². The number of aromatic amines is 1. The van der Waals surface area contributed by atoms with Crippen LogP contribution in [-0.2, 0) is 13.0 Å². The van der Waals surface area contributed by atoms with Gasteiger partial charge >= 0.3 is 6.61 Å². The standard InChI is InChI=1S/C15H19F2N3O/c1-11(19-9-13-8-18-10-20-13)2-3-12-4-6-14(7-5-12)21-15(16)17/h4-8,10-11,15,19H,2-3,9H2,1H3,(H,18,20). The molecule has 2 aromatic rings. The molecule has 114 valence electrons. The maximum atomic E-state index is 12.0. The monoisotopic (exact) mass is 295 g/mol. The topological polar surface area (TPSA) is 49.9 Å². The van der Waals surface area contributed by atoms with Crippen LogP contribution in [0.5, 0.6) is 5.75 Å². The molecule has 0 aliphatic heterocycles. The molecule has 2 rings (SSSR count). The number of aromatic nitrogens is 2. The zero-order valence-electron chi connectivity index (χ0n) is 11.9. The summed E-state index contributed by atoms with van der Waals surface area (Å²) in [6, 6.07) is 7.14. The molecule has 6 heteroatoms. The van der Waals surface area contributed by atoms with Crippen LogP contribution in [0.15, 0.2) is 36.8 Å². The van der Waals surface area contributed by atoms with Gasteiger partial charge in [0.15, 0.2) is 0 Å². The third-order valence-electron chi connectivity index (χ3n) is 3.21.